The van der Waals surface area contributed by atoms with Crippen LogP contribution in [0.4, 0.5) is 16.2 Å². The molecule has 48 heavy (non-hydrogen) atoms. The highest BCUT2D eigenvalue weighted by Gasteiger charge is 2.45. The van der Waals surface area contributed by atoms with Gasteiger partial charge in [-0.3, -0.25) is 14.4 Å². The summed E-state index contributed by atoms with van der Waals surface area (Å²) in [5, 5.41) is 3.13. The molecule has 1 aromatic rings. The Kier molecular flexibility index (Phi) is 11.4. The van der Waals surface area contributed by atoms with E-state index in [-0.39, 0.29) is 54.7 Å². The van der Waals surface area contributed by atoms with Crippen molar-refractivity contribution in [3.63, 3.8) is 0 Å². The smallest absolute Gasteiger partial charge is 0.410 e. The number of ether oxygens (including phenoxy) is 4. The van der Waals surface area contributed by atoms with Crippen LogP contribution in [0.15, 0.2) is 18.2 Å². The van der Waals surface area contributed by atoms with Gasteiger partial charge in [0.1, 0.15) is 11.4 Å². The third-order valence-corrected chi connectivity index (χ3v) is 9.03. The molecule has 1 saturated carbocycles. The Hall–Kier alpha value is -3.38. The Morgan fingerprint density at radius 2 is 1.71 bits per heavy atom. The molecule has 268 valence electrons. The van der Waals surface area contributed by atoms with Crippen LogP contribution in [-0.2, 0) is 28.6 Å². The number of carbonyl (C=O) groups is 4. The van der Waals surface area contributed by atoms with Crippen LogP contribution in [0.5, 0.6) is 5.75 Å². The number of methoxy groups -OCH3 is 2. The van der Waals surface area contributed by atoms with Gasteiger partial charge in [0.2, 0.25) is 11.8 Å². The van der Waals surface area contributed by atoms with Crippen molar-refractivity contribution in [2.24, 2.45) is 17.3 Å². The predicted molar refractivity (Wildman–Crippen MR) is 183 cm³/mol. The molecule has 0 unspecified atom stereocenters. The van der Waals surface area contributed by atoms with Crippen LogP contribution in [0, 0.1) is 17.3 Å². The molecular formula is C36H56N4O8. The van der Waals surface area contributed by atoms with Gasteiger partial charge in [-0.05, 0) is 83.9 Å². The number of carbonyl (C=O) groups excluding carboxylic acids is 4. The molecule has 3 aliphatic rings. The fourth-order valence-corrected chi connectivity index (χ4v) is 6.25. The van der Waals surface area contributed by atoms with Gasteiger partial charge in [-0.2, -0.15) is 0 Å². The van der Waals surface area contributed by atoms with Gasteiger partial charge < -0.3 is 39.0 Å². The average molecular weight is 673 g/mol. The topological polar surface area (TPSA) is 127 Å². The molecule has 12 nitrogen and oxygen atoms in total. The van der Waals surface area contributed by atoms with Crippen LogP contribution in [0.25, 0.3) is 0 Å². The Morgan fingerprint density at radius 3 is 2.29 bits per heavy atom. The first kappa shape index (κ1) is 37.4. The van der Waals surface area contributed by atoms with E-state index in [1.54, 1.807) is 58.6 Å². The minimum atomic E-state index is -1.04. The van der Waals surface area contributed by atoms with Crippen molar-refractivity contribution in [1.29, 1.82) is 0 Å². The molecule has 12 heteroatoms. The van der Waals surface area contributed by atoms with Gasteiger partial charge in [-0.1, -0.05) is 20.8 Å². The second-order valence-electron chi connectivity index (χ2n) is 15.9. The van der Waals surface area contributed by atoms with Crippen molar-refractivity contribution in [2.45, 2.75) is 104 Å². The Labute approximate surface area is 285 Å². The van der Waals surface area contributed by atoms with Crippen LogP contribution in [-0.4, -0.2) is 99.1 Å². The molecule has 1 aromatic carbocycles. The molecule has 2 heterocycles. The van der Waals surface area contributed by atoms with E-state index in [0.717, 1.165) is 12.8 Å². The Balaban J connectivity index is 1.65. The number of fused-ring (bicyclic) bond motifs is 1. The minimum absolute atomic E-state index is 0.0229. The van der Waals surface area contributed by atoms with E-state index in [1.165, 1.54) is 4.90 Å². The molecule has 0 bridgehead atoms. The standard InChI is InChI=1S/C36H56N4O8/c1-34(2,3)29(22-46-10)37-30(41)23-18-24(21-38(20-23)33(44)48-35(4,5)6)31(42)40(25-12-13-25)26-14-15-28-27(19-26)39(16-11-17-45-9)32(43)36(7,8)47-28/h14-15,19,23-25,29H,11-13,16-18,20-22H2,1-10H3,(H,37,41)/t23-,24+,29+/m0/s1. The molecule has 0 aromatic heterocycles. The number of nitrogens with zero attached hydrogens (tertiary/aromatic N) is 3. The number of benzene rings is 1. The van der Waals surface area contributed by atoms with E-state index in [9.17, 15) is 19.2 Å². The number of rotatable bonds is 11. The summed E-state index contributed by atoms with van der Waals surface area (Å²) in [7, 11) is 3.22. The Bertz CT molecular complexity index is 1350. The first-order valence-electron chi connectivity index (χ1n) is 17.1. The van der Waals surface area contributed by atoms with E-state index < -0.39 is 29.1 Å². The fraction of sp³-hybridized carbons (Fsp3) is 0.722. The molecule has 2 fully saturated rings. The lowest BCUT2D eigenvalue weighted by molar-refractivity contribution is -0.133. The normalized spacial score (nSPS) is 21.6. The zero-order chi connectivity index (χ0) is 35.6. The molecule has 3 atom stereocenters. The maximum atomic E-state index is 14.6. The van der Waals surface area contributed by atoms with Crippen LogP contribution in [0.2, 0.25) is 0 Å². The van der Waals surface area contributed by atoms with Crippen molar-refractivity contribution >= 4 is 35.2 Å². The number of likely N-dealkylation sites (tertiary alicyclic amines) is 1. The summed E-state index contributed by atoms with van der Waals surface area (Å²) in [5.41, 5.74) is -0.793. The van der Waals surface area contributed by atoms with Crippen molar-refractivity contribution < 1.29 is 38.1 Å². The highest BCUT2D eigenvalue weighted by atomic mass is 16.6. The SMILES string of the molecule is COCCCN1C(=O)C(C)(C)Oc2ccc(N(C(=O)[C@@H]3C[C@H](C(=O)N[C@H](COC)C(C)(C)C)CN(C(=O)OC(C)(C)C)C3)C3CC3)cc21. The van der Waals surface area contributed by atoms with Crippen molar-refractivity contribution in [2.75, 3.05) is 56.9 Å². The van der Waals surface area contributed by atoms with E-state index in [1.807, 2.05) is 39.0 Å². The molecule has 1 aliphatic carbocycles. The maximum absolute atomic E-state index is 14.6. The van der Waals surface area contributed by atoms with Crippen molar-refractivity contribution in [3.8, 4) is 5.75 Å². The summed E-state index contributed by atoms with van der Waals surface area (Å²) >= 11 is 0. The summed E-state index contributed by atoms with van der Waals surface area (Å²) in [4.78, 5) is 60.2. The summed E-state index contributed by atoms with van der Waals surface area (Å²) in [6.45, 7) is 16.5. The summed E-state index contributed by atoms with van der Waals surface area (Å²) in [6, 6.07) is 5.23. The molecule has 0 spiro atoms. The fourth-order valence-electron chi connectivity index (χ4n) is 6.25. The van der Waals surface area contributed by atoms with Crippen molar-refractivity contribution in [3.05, 3.63) is 18.2 Å². The zero-order valence-electron chi connectivity index (χ0n) is 30.5. The second kappa shape index (κ2) is 14.6. The number of piperidine rings is 1. The minimum Gasteiger partial charge on any atom is -0.476 e. The van der Waals surface area contributed by atoms with Gasteiger partial charge in [-0.25, -0.2) is 4.79 Å². The molecule has 1 saturated heterocycles. The third kappa shape index (κ3) is 8.99. The monoisotopic (exact) mass is 672 g/mol. The number of hydrogen-bond donors (Lipinski definition) is 1. The predicted octanol–water partition coefficient (Wildman–Crippen LogP) is 4.77. The first-order valence-corrected chi connectivity index (χ1v) is 17.1. The van der Waals surface area contributed by atoms with Crippen LogP contribution in [0.1, 0.15) is 81.1 Å². The summed E-state index contributed by atoms with van der Waals surface area (Å²) in [5.74, 6) is -1.26. The number of hydrogen-bond acceptors (Lipinski definition) is 8. The lowest BCUT2D eigenvalue weighted by Gasteiger charge is -2.41. The third-order valence-electron chi connectivity index (χ3n) is 9.03. The van der Waals surface area contributed by atoms with Crippen LogP contribution in [0.3, 0.4) is 0 Å². The lowest BCUT2D eigenvalue weighted by atomic mass is 9.84. The molecule has 1 N–H and O–H groups in total. The van der Waals surface area contributed by atoms with Gasteiger partial charge >= 0.3 is 6.09 Å². The van der Waals surface area contributed by atoms with Gasteiger partial charge in [0.05, 0.1) is 30.2 Å². The van der Waals surface area contributed by atoms with Crippen molar-refractivity contribution in [1.82, 2.24) is 10.2 Å². The van der Waals surface area contributed by atoms with E-state index in [4.69, 9.17) is 18.9 Å². The quantitative estimate of drug-likeness (QED) is 0.333. The summed E-state index contributed by atoms with van der Waals surface area (Å²) < 4.78 is 22.5. The highest BCUT2D eigenvalue weighted by molar-refractivity contribution is 6.04. The molecule has 4 amide bonds. The highest BCUT2D eigenvalue weighted by Crippen LogP contribution is 2.43. The molecule has 2 aliphatic heterocycles. The van der Waals surface area contributed by atoms with Crippen LogP contribution < -0.4 is 19.9 Å². The lowest BCUT2D eigenvalue weighted by Crippen LogP contribution is -2.56. The second-order valence-corrected chi connectivity index (χ2v) is 15.9. The molecule has 4 rings (SSSR count). The van der Waals surface area contributed by atoms with Gasteiger partial charge in [-0.15, -0.1) is 0 Å². The Morgan fingerprint density at radius 1 is 1.04 bits per heavy atom. The molecular weight excluding hydrogens is 616 g/mol. The summed E-state index contributed by atoms with van der Waals surface area (Å²) in [6.07, 6.45) is 2.03. The van der Waals surface area contributed by atoms with Gasteiger partial charge in [0, 0.05) is 52.2 Å². The first-order chi connectivity index (χ1) is 22.4. The van der Waals surface area contributed by atoms with E-state index in [2.05, 4.69) is 5.32 Å². The van der Waals surface area contributed by atoms with Crippen LogP contribution >= 0.6 is 0 Å². The van der Waals surface area contributed by atoms with Gasteiger partial charge in [0.25, 0.3) is 5.91 Å². The van der Waals surface area contributed by atoms with Gasteiger partial charge in [0.15, 0.2) is 5.60 Å². The maximum Gasteiger partial charge on any atom is 0.410 e. The zero-order valence-corrected chi connectivity index (χ0v) is 30.5. The molecule has 0 radical (unpaired) electrons. The average Bonchev–Trinajstić information content (AvgIpc) is 3.82. The number of anilines is 2. The van der Waals surface area contributed by atoms with E-state index in [0.29, 0.717) is 43.3 Å². The largest absolute Gasteiger partial charge is 0.476 e. The number of nitrogens with one attached hydrogen (secondary N) is 1. The van der Waals surface area contributed by atoms with E-state index >= 15 is 0 Å². The number of amides is 4.